The monoisotopic (exact) mass is 1830 g/mol. The van der Waals surface area contributed by atoms with Gasteiger partial charge in [-0.15, -0.1) is 0 Å². The van der Waals surface area contributed by atoms with Gasteiger partial charge >= 0.3 is 0 Å². The lowest BCUT2D eigenvalue weighted by Crippen LogP contribution is -2.58. The first-order valence-electron chi connectivity index (χ1n) is 41.5. The number of hydrogen-bond donors (Lipinski definition) is 4. The van der Waals surface area contributed by atoms with Crippen molar-refractivity contribution in [1.29, 1.82) is 10.5 Å². The van der Waals surface area contributed by atoms with Gasteiger partial charge in [0.25, 0.3) is 11.8 Å². The highest BCUT2D eigenvalue weighted by Gasteiger charge is 2.53. The molecule has 12 rings (SSSR count). The lowest BCUT2D eigenvalue weighted by Gasteiger charge is -2.35. The van der Waals surface area contributed by atoms with E-state index in [0.29, 0.717) is 71.5 Å². The number of anilines is 4. The molecule has 8 aromatic rings. The van der Waals surface area contributed by atoms with Crippen LogP contribution in [0.2, 0.25) is 10.0 Å². The lowest BCUT2D eigenvalue weighted by molar-refractivity contribution is -0.144. The summed E-state index contributed by atoms with van der Waals surface area (Å²) >= 11 is 23.9. The molecule has 0 aliphatic carbocycles. The molecule has 0 radical (unpaired) electrons. The van der Waals surface area contributed by atoms with Gasteiger partial charge in [-0.1, -0.05) is 139 Å². The molecular weight excluding hydrogens is 1740 g/mol. The van der Waals surface area contributed by atoms with Crippen LogP contribution in [0.5, 0.6) is 11.5 Å². The van der Waals surface area contributed by atoms with Crippen molar-refractivity contribution in [2.75, 3.05) is 72.3 Å². The van der Waals surface area contributed by atoms with Crippen LogP contribution in [0.3, 0.4) is 0 Å². The Morgan fingerprint density at radius 1 is 0.569 bits per heavy atom. The molecule has 4 aliphatic heterocycles. The molecule has 2 aromatic heterocycles. The normalized spacial score (nSPS) is 17.1. The average Bonchev–Trinajstić information content (AvgIpc) is 1.59. The molecule has 4 saturated heterocycles. The third-order valence-electron chi connectivity index (χ3n) is 21.8. The van der Waals surface area contributed by atoms with E-state index in [1.807, 2.05) is 123 Å². The maximum absolute atomic E-state index is 15.3. The van der Waals surface area contributed by atoms with Gasteiger partial charge in [0, 0.05) is 54.7 Å². The number of aromatic nitrogens is 2. The van der Waals surface area contributed by atoms with E-state index in [1.165, 1.54) is 51.8 Å². The SMILES string of the molecule is C[C@@H]1C[C@@H](C(=O)NCc2ccc(-c3cnco3)cc2)N(C(=O)[C@@H](NC(=O)COCC#CC#CCOc2ccc(N3C(=S)N(c4ccc(C#N)c(Cl)c4)C(=O)C3(C)C)cc2F)C(C)(C)C)C1.Cc1ncoc1-c1ccc(CNC(=O)[C@@H]2C[C@@H](C)CN2C(=O)[C@@H](NC(=O)COCC#CC#CCOc2ccc(N3C(=S)N(c4ccc(C#N)c(Cl)c4)C(=O)C3(C)C)cc2)C(C)(C)C)cc1. The Morgan fingerprint density at radius 3 is 1.42 bits per heavy atom. The highest BCUT2D eigenvalue weighted by molar-refractivity contribution is 7.81. The number of aryl methyl sites for hydroxylation is 1. The number of rotatable bonds is 26. The molecule has 8 amide bonds. The maximum atomic E-state index is 15.3. The van der Waals surface area contributed by atoms with E-state index in [9.17, 15) is 48.9 Å². The second-order valence-corrected chi connectivity index (χ2v) is 36.0. The molecule has 4 aliphatic rings. The number of nitrogens with zero attached hydrogens (tertiary/aromatic N) is 10. The summed E-state index contributed by atoms with van der Waals surface area (Å²) in [6.45, 7) is 24.1. The molecular formula is C97H97Cl2FN14O14S2. The van der Waals surface area contributed by atoms with E-state index < -0.39 is 63.7 Å². The van der Waals surface area contributed by atoms with Crippen molar-refractivity contribution >= 4 is 128 Å². The fourth-order valence-electron chi connectivity index (χ4n) is 15.0. The van der Waals surface area contributed by atoms with Crippen molar-refractivity contribution in [3.05, 3.63) is 190 Å². The molecule has 0 spiro atoms. The summed E-state index contributed by atoms with van der Waals surface area (Å²) in [6.07, 6.45) is 5.39. The van der Waals surface area contributed by atoms with Gasteiger partial charge < -0.3 is 68.6 Å². The van der Waals surface area contributed by atoms with Crippen molar-refractivity contribution in [2.45, 2.75) is 151 Å². The summed E-state index contributed by atoms with van der Waals surface area (Å²) in [5, 5.41) is 30.8. The number of likely N-dealkylation sites (tertiary alicyclic amines) is 2. The fourth-order valence-corrected chi connectivity index (χ4v) is 16.5. The highest BCUT2D eigenvalue weighted by atomic mass is 35.5. The van der Waals surface area contributed by atoms with Gasteiger partial charge in [-0.2, -0.15) is 10.5 Å². The number of nitriles is 2. The molecule has 33 heteroatoms. The summed E-state index contributed by atoms with van der Waals surface area (Å²) in [5.74, 6) is 19.9. The van der Waals surface area contributed by atoms with Crippen LogP contribution in [0, 0.1) is 105 Å². The largest absolute Gasteiger partial charge is 0.481 e. The van der Waals surface area contributed by atoms with Crippen LogP contribution in [0.4, 0.5) is 27.1 Å². The topological polar surface area (TPSA) is 341 Å². The van der Waals surface area contributed by atoms with E-state index in [-0.39, 0.29) is 132 Å². The molecule has 0 unspecified atom stereocenters. The Bertz CT molecular complexity index is 5990. The zero-order valence-electron chi connectivity index (χ0n) is 73.9. The Labute approximate surface area is 775 Å². The summed E-state index contributed by atoms with van der Waals surface area (Å²) < 4.78 is 48.2. The predicted molar refractivity (Wildman–Crippen MR) is 496 cm³/mol. The number of benzene rings is 6. The summed E-state index contributed by atoms with van der Waals surface area (Å²) in [5.41, 5.74) is 3.19. The molecule has 0 bridgehead atoms. The standard InChI is InChI=1S/C49H50ClN7O7S.C48H47ClFN7O7S/c1-31-24-40(44(59)52-27-33-12-14-34(15-13-33)42-32(2)53-30-64-42)55(28-31)45(60)43(48(3,4)5)54-41(58)29-62-22-10-8-9-11-23-63-38-20-18-36(19-21-38)57-47(65)56(46(61)49(57,6)7)37-17-16-35(26-51)39(50)25-37;1-30-21-38(43(59)53-25-31-11-13-32(14-12-31)40-26-52-29-64-40)55(27-30)44(60)42(47(2,3)4)54-41(58)28-62-19-9-7-8-10-20-63-39-18-17-35(23-37(39)50)57-46(65)56(45(61)48(57,5)6)34-16-15-33(24-51)36(49)22-34/h12-21,25,30-31,40,43H,22-24,27-29H2,1-7H3,(H,52,59)(H,54,58);11-18,22-23,26,29-30,38,42H,19-21,25,27-28H2,1-6H3,(H,53,59)(H,54,58)/t31-,40+,43-;30-,38+,42-/m11/s1. The number of carbonyl (C=O) groups excluding carboxylic acids is 8. The number of thiocarbonyl (C=S) groups is 2. The Balaban J connectivity index is 0.000000251. The van der Waals surface area contributed by atoms with E-state index in [0.717, 1.165) is 27.9 Å². The zero-order valence-corrected chi connectivity index (χ0v) is 77.1. The summed E-state index contributed by atoms with van der Waals surface area (Å²) in [6, 6.07) is 36.5. The van der Waals surface area contributed by atoms with Crippen molar-refractivity contribution in [2.24, 2.45) is 22.7 Å². The fraction of sp³-hybridized carbons (Fsp3) is 0.361. The maximum Gasteiger partial charge on any atom is 0.259 e. The van der Waals surface area contributed by atoms with Gasteiger partial charge in [0.05, 0.1) is 44.4 Å². The van der Waals surface area contributed by atoms with Gasteiger partial charge in [-0.25, -0.2) is 14.4 Å². The molecule has 130 heavy (non-hydrogen) atoms. The molecule has 6 heterocycles. The van der Waals surface area contributed by atoms with Crippen molar-refractivity contribution < 1.29 is 70.5 Å². The van der Waals surface area contributed by atoms with Crippen LogP contribution in [-0.4, -0.2) is 165 Å². The smallest absolute Gasteiger partial charge is 0.259 e. The molecule has 6 aromatic carbocycles. The molecule has 4 fully saturated rings. The van der Waals surface area contributed by atoms with Gasteiger partial charge in [0.1, 0.15) is 92.8 Å². The molecule has 6 atom stereocenters. The van der Waals surface area contributed by atoms with E-state index in [2.05, 4.69) is 78.6 Å². The first-order chi connectivity index (χ1) is 61.8. The number of oxazole rings is 2. The predicted octanol–water partition coefficient (Wildman–Crippen LogP) is 13.0. The van der Waals surface area contributed by atoms with Crippen LogP contribution in [0.25, 0.3) is 22.6 Å². The number of ether oxygens (including phenoxy) is 4. The number of carbonyl (C=O) groups is 8. The minimum absolute atomic E-state index is 0.0517. The van der Waals surface area contributed by atoms with E-state index >= 15 is 4.39 Å². The minimum Gasteiger partial charge on any atom is -0.481 e. The second-order valence-electron chi connectivity index (χ2n) is 34.5. The van der Waals surface area contributed by atoms with Crippen LogP contribution in [0.1, 0.15) is 124 Å². The quantitative estimate of drug-likeness (QED) is 0.0222. The Morgan fingerprint density at radius 2 is 1.00 bits per heavy atom. The lowest BCUT2D eigenvalue weighted by atomic mass is 9.85. The number of nitrogens with one attached hydrogen (secondary N) is 4. The van der Waals surface area contributed by atoms with Crippen molar-refractivity contribution in [3.8, 4) is 93.6 Å². The zero-order chi connectivity index (χ0) is 94.1. The van der Waals surface area contributed by atoms with Crippen LogP contribution < -0.4 is 50.3 Å². The third kappa shape index (κ3) is 23.5. The number of hydrogen-bond acceptors (Lipinski definition) is 20. The van der Waals surface area contributed by atoms with Crippen LogP contribution in [-0.2, 0) is 60.9 Å². The first-order valence-corrected chi connectivity index (χ1v) is 43.1. The number of halogens is 3. The molecule has 672 valence electrons. The van der Waals surface area contributed by atoms with E-state index in [4.69, 9.17) is 75.4 Å². The van der Waals surface area contributed by atoms with Crippen LogP contribution in [0.15, 0.2) is 155 Å². The first kappa shape index (κ1) is 97.1. The van der Waals surface area contributed by atoms with Crippen molar-refractivity contribution in [1.82, 2.24) is 41.0 Å². The third-order valence-corrected chi connectivity index (χ3v) is 23.1. The van der Waals surface area contributed by atoms with Gasteiger partial charge in [0.15, 0.2) is 46.1 Å². The van der Waals surface area contributed by atoms with Gasteiger partial charge in [-0.3, -0.25) is 48.2 Å². The Hall–Kier alpha value is -13.5. The van der Waals surface area contributed by atoms with Crippen molar-refractivity contribution in [3.63, 3.8) is 0 Å². The van der Waals surface area contributed by atoms with E-state index in [1.54, 1.807) is 103 Å². The second kappa shape index (κ2) is 42.6. The molecule has 28 nitrogen and oxygen atoms in total. The minimum atomic E-state index is -1.17. The molecule has 4 N–H and O–H groups in total. The number of amides is 8. The van der Waals surface area contributed by atoms with Gasteiger partial charge in [-0.05, 0) is 214 Å². The summed E-state index contributed by atoms with van der Waals surface area (Å²) in [7, 11) is 0. The average molecular weight is 1840 g/mol. The van der Waals surface area contributed by atoms with Crippen LogP contribution >= 0.6 is 47.6 Å². The molecule has 0 saturated carbocycles. The highest BCUT2D eigenvalue weighted by Crippen LogP contribution is 2.42. The Kier molecular flexibility index (Phi) is 31.9. The van der Waals surface area contributed by atoms with Gasteiger partial charge in [0.2, 0.25) is 35.4 Å². The summed E-state index contributed by atoms with van der Waals surface area (Å²) in [4.78, 5) is 125.